The van der Waals surface area contributed by atoms with Gasteiger partial charge in [0.15, 0.2) is 0 Å². The summed E-state index contributed by atoms with van der Waals surface area (Å²) in [6.07, 6.45) is 10.8. The van der Waals surface area contributed by atoms with Gasteiger partial charge in [-0.3, -0.25) is 0 Å². The van der Waals surface area contributed by atoms with Crippen molar-refractivity contribution >= 4 is 22.5 Å². The quantitative estimate of drug-likeness (QED) is 0.160. The third kappa shape index (κ3) is 7.34. The minimum atomic E-state index is -0.0562. The number of hydrogen-bond donors (Lipinski definition) is 0. The van der Waals surface area contributed by atoms with Crippen LogP contribution in [0.5, 0.6) is 11.5 Å². The van der Waals surface area contributed by atoms with Gasteiger partial charge in [0.2, 0.25) is 0 Å². The summed E-state index contributed by atoms with van der Waals surface area (Å²) in [4.78, 5) is 7.85. The van der Waals surface area contributed by atoms with Crippen LogP contribution in [0.25, 0.3) is 44.7 Å². The molecule has 2 aliphatic carbocycles. The summed E-state index contributed by atoms with van der Waals surface area (Å²) in [6, 6.07) is 55.5. The number of para-hydroxylation sites is 2. The van der Waals surface area contributed by atoms with Crippen LogP contribution in [0.2, 0.25) is 0 Å². The van der Waals surface area contributed by atoms with Crippen LogP contribution < -0.4 is 9.64 Å². The van der Waals surface area contributed by atoms with Crippen molar-refractivity contribution in [1.82, 2.24) is 14.1 Å². The van der Waals surface area contributed by atoms with E-state index < -0.39 is 0 Å². The Hall–Kier alpha value is -5.77. The number of benzene rings is 6. The van der Waals surface area contributed by atoms with Gasteiger partial charge in [0.1, 0.15) is 0 Å². The van der Waals surface area contributed by atoms with E-state index in [9.17, 15) is 0 Å². The maximum atomic E-state index is 7.00. The molecule has 3 heterocycles. The minimum absolute atomic E-state index is 0.0262. The molecule has 3 aliphatic rings. The summed E-state index contributed by atoms with van der Waals surface area (Å²) >= 11 is 2.55. The summed E-state index contributed by atoms with van der Waals surface area (Å²) in [7, 11) is 0. The second kappa shape index (κ2) is 16.5. The summed E-state index contributed by atoms with van der Waals surface area (Å²) < 4.78 is 12.9. The molecule has 2 fully saturated rings. The number of hydrogen-bond acceptors (Lipinski definition) is 3. The minimum Gasteiger partial charge on any atom is -0.0510 e. The molecule has 11 rings (SSSR count). The molecule has 0 bridgehead atoms. The number of nitrogens with zero attached hydrogens (tertiary/aromatic N) is 4. The molecule has 0 N–H and O–H groups in total. The van der Waals surface area contributed by atoms with E-state index in [-0.39, 0.29) is 16.4 Å². The van der Waals surface area contributed by atoms with Crippen LogP contribution >= 0.6 is 0 Å². The average molecular weight is 1050 g/mol. The van der Waals surface area contributed by atoms with Crippen molar-refractivity contribution in [1.29, 1.82) is 0 Å². The molecule has 0 radical (unpaired) electrons. The molecule has 0 saturated heterocycles. The predicted molar refractivity (Wildman–Crippen MR) is 268 cm³/mol. The fourth-order valence-electron chi connectivity index (χ4n) is 11.8. The van der Waals surface area contributed by atoms with E-state index in [0.717, 1.165) is 37.8 Å². The number of fused-ring (bicyclic) bond motifs is 5. The Labute approximate surface area is 401 Å². The topological polar surface area (TPSA) is 35.2 Å². The third-order valence-electron chi connectivity index (χ3n) is 15.0. The van der Waals surface area contributed by atoms with E-state index in [1.54, 1.807) is 0 Å². The first-order chi connectivity index (χ1) is 31.9. The van der Waals surface area contributed by atoms with E-state index >= 15 is 0 Å². The van der Waals surface area contributed by atoms with Crippen LogP contribution in [0.4, 0.5) is 11.5 Å². The normalized spacial score (nSPS) is 17.9. The first-order valence-corrected chi connectivity index (χ1v) is 25.2. The van der Waals surface area contributed by atoms with Gasteiger partial charge in [0, 0.05) is 6.20 Å². The molecule has 336 valence electrons. The molecule has 0 amide bonds. The van der Waals surface area contributed by atoms with Gasteiger partial charge < -0.3 is 0 Å². The molecule has 6 aromatic carbocycles. The monoisotopic (exact) mass is 1050 g/mol. The SMILES string of the molecule is CC(C)(C)c1ccnc(N2c3cc(Oc4cccc(-n5[c](=[Pt])n(-c6c(-c7ccccc7)cc(C(C)(C)C)cc6-c6ccccc6)c6ccccc65)c4)ccc3C3CCCC3C23CCCC3)c1. The maximum absolute atomic E-state index is 7.00. The van der Waals surface area contributed by atoms with Crippen molar-refractivity contribution in [2.45, 2.75) is 109 Å². The number of ether oxygens (including phenoxy) is 1. The molecule has 6 heteroatoms. The second-order valence-electron chi connectivity index (χ2n) is 21.1. The van der Waals surface area contributed by atoms with Gasteiger partial charge in [0.05, 0.1) is 0 Å². The molecular formula is C60H60N4OPt. The third-order valence-corrected chi connectivity index (χ3v) is 16.0. The Kier molecular flexibility index (Phi) is 10.7. The first kappa shape index (κ1) is 42.8. The Morgan fingerprint density at radius 1 is 0.591 bits per heavy atom. The van der Waals surface area contributed by atoms with Gasteiger partial charge in [-0.25, -0.2) is 0 Å². The molecule has 5 nitrogen and oxygen atoms in total. The molecular weight excluding hydrogens is 988 g/mol. The van der Waals surface area contributed by atoms with Crippen LogP contribution in [0, 0.1) is 9.72 Å². The van der Waals surface area contributed by atoms with E-state index in [1.165, 1.54) is 95.3 Å². The predicted octanol–water partition coefficient (Wildman–Crippen LogP) is 16.0. The van der Waals surface area contributed by atoms with Crippen LogP contribution in [0.15, 0.2) is 158 Å². The van der Waals surface area contributed by atoms with Crippen LogP contribution in [-0.4, -0.2) is 19.7 Å². The number of aromatic nitrogens is 3. The van der Waals surface area contributed by atoms with Crippen LogP contribution in [0.1, 0.15) is 109 Å². The molecule has 2 atom stereocenters. The summed E-state index contributed by atoms with van der Waals surface area (Å²) in [5.41, 5.74) is 14.7. The Morgan fingerprint density at radius 2 is 1.21 bits per heavy atom. The van der Waals surface area contributed by atoms with Crippen molar-refractivity contribution in [2.24, 2.45) is 5.92 Å². The van der Waals surface area contributed by atoms with Crippen molar-refractivity contribution in [2.75, 3.05) is 4.90 Å². The van der Waals surface area contributed by atoms with Crippen molar-refractivity contribution < 1.29 is 24.1 Å². The number of anilines is 2. The fraction of sp³-hybridized carbons (Fsp3) is 0.300. The summed E-state index contributed by atoms with van der Waals surface area (Å²) in [6.45, 7) is 13.8. The van der Waals surface area contributed by atoms with E-state index in [0.29, 0.717) is 11.8 Å². The van der Waals surface area contributed by atoms with Gasteiger partial charge in [0.25, 0.3) is 0 Å². The van der Waals surface area contributed by atoms with E-state index in [4.69, 9.17) is 9.72 Å². The van der Waals surface area contributed by atoms with Crippen LogP contribution in [-0.2, 0) is 30.2 Å². The average Bonchev–Trinajstić information content (AvgIpc) is 4.08. The van der Waals surface area contributed by atoms with Gasteiger partial charge >= 0.3 is 334 Å². The fourth-order valence-corrected chi connectivity index (χ4v) is 12.9. The van der Waals surface area contributed by atoms with E-state index in [1.807, 2.05) is 6.20 Å². The van der Waals surface area contributed by atoms with Crippen molar-refractivity contribution in [3.8, 4) is 45.1 Å². The molecule has 2 aromatic heterocycles. The number of pyridine rings is 1. The van der Waals surface area contributed by atoms with Crippen LogP contribution in [0.3, 0.4) is 0 Å². The van der Waals surface area contributed by atoms with Crippen molar-refractivity contribution in [3.05, 3.63) is 178 Å². The van der Waals surface area contributed by atoms with Gasteiger partial charge in [-0.2, -0.15) is 0 Å². The molecule has 8 aromatic rings. The van der Waals surface area contributed by atoms with Gasteiger partial charge in [-0.15, -0.1) is 0 Å². The zero-order valence-corrected chi connectivity index (χ0v) is 41.4. The standard InChI is InChI=1S/C60H60N4O.Pt/c1-58(2,3)43-31-34-61-56(37-43)64-55-39-47(29-30-49(55)48-25-18-26-52(48)60(64)32-15-16-33-60)65-46-24-17-23-45(38-46)62-40-63(54-28-14-13-27-53(54)62)57-50(41-19-9-7-10-20-41)35-44(59(4,5)6)36-51(57)42-21-11-8-12-22-42;/h7-14,17,19-24,27-31,34-39,48,52H,15-16,18,25-26,32-33H2,1-6H3;. The number of rotatable bonds is 7. The Bertz CT molecular complexity index is 3100. The molecule has 1 spiro atoms. The summed E-state index contributed by atoms with van der Waals surface area (Å²) in [5.74, 6) is 3.96. The van der Waals surface area contributed by atoms with Gasteiger partial charge in [-0.1, -0.05) is 40.0 Å². The zero-order valence-electron chi connectivity index (χ0n) is 39.1. The van der Waals surface area contributed by atoms with E-state index in [2.05, 4.69) is 227 Å². The molecule has 2 unspecified atom stereocenters. The molecule has 66 heavy (non-hydrogen) atoms. The zero-order chi connectivity index (χ0) is 45.4. The second-order valence-corrected chi connectivity index (χ2v) is 22.1. The smallest absolute Gasteiger partial charge is 0.0510 e. The number of imidazole rings is 1. The summed E-state index contributed by atoms with van der Waals surface area (Å²) in [5, 5.41) is 0. The molecule has 1 aliphatic heterocycles. The van der Waals surface area contributed by atoms with Gasteiger partial charge in [-0.05, 0) is 23.5 Å². The van der Waals surface area contributed by atoms with Crippen molar-refractivity contribution in [3.63, 3.8) is 0 Å². The molecule has 2 saturated carbocycles. The first-order valence-electron chi connectivity index (χ1n) is 24.1. The Balaban J connectivity index is 1.05. The Morgan fingerprint density at radius 3 is 1.86 bits per heavy atom.